The van der Waals surface area contributed by atoms with Gasteiger partial charge >= 0.3 is 0 Å². The molecule has 1 N–H and O–H groups in total. The number of amides is 1. The first-order valence-corrected chi connectivity index (χ1v) is 9.99. The number of benzene rings is 2. The van der Waals surface area contributed by atoms with E-state index in [9.17, 15) is 4.79 Å². The van der Waals surface area contributed by atoms with Gasteiger partial charge in [-0.25, -0.2) is 4.98 Å². The fourth-order valence-corrected chi connectivity index (χ4v) is 4.26. The summed E-state index contributed by atoms with van der Waals surface area (Å²) in [6, 6.07) is 14.5. The number of carbonyl (C=O) groups is 1. The molecule has 3 aromatic rings. The number of thiazole rings is 1. The molecule has 0 atom stereocenters. The van der Waals surface area contributed by atoms with Crippen molar-refractivity contribution in [3.05, 3.63) is 69.5 Å². The Labute approximate surface area is 158 Å². The lowest BCUT2D eigenvalue weighted by Gasteiger charge is -2.16. The Hall–Kier alpha value is -2.46. The molecule has 1 heterocycles. The van der Waals surface area contributed by atoms with Crippen LogP contribution in [0.1, 0.15) is 34.5 Å². The van der Waals surface area contributed by atoms with Gasteiger partial charge in [0.25, 0.3) is 0 Å². The minimum Gasteiger partial charge on any atom is -0.325 e. The second-order valence-corrected chi connectivity index (χ2v) is 7.80. The van der Waals surface area contributed by atoms with Crippen molar-refractivity contribution in [3.63, 3.8) is 0 Å². The van der Waals surface area contributed by atoms with Gasteiger partial charge in [0.2, 0.25) is 5.91 Å². The molecule has 1 amide bonds. The topological polar surface area (TPSA) is 42.0 Å². The summed E-state index contributed by atoms with van der Waals surface area (Å²) in [6.45, 7) is 1.99. The lowest BCUT2D eigenvalue weighted by Crippen LogP contribution is -2.14. The van der Waals surface area contributed by atoms with E-state index in [4.69, 9.17) is 4.98 Å². The average Bonchev–Trinajstić information content (AvgIpc) is 3.11. The molecule has 2 aromatic carbocycles. The molecule has 1 aliphatic carbocycles. The normalized spacial score (nSPS) is 13.3. The van der Waals surface area contributed by atoms with E-state index < -0.39 is 0 Å². The van der Waals surface area contributed by atoms with Crippen LogP contribution in [0.2, 0.25) is 0 Å². The first-order valence-electron chi connectivity index (χ1n) is 9.11. The Morgan fingerprint density at radius 1 is 1.12 bits per heavy atom. The molecule has 3 nitrogen and oxygen atoms in total. The van der Waals surface area contributed by atoms with Crippen LogP contribution in [-0.2, 0) is 24.1 Å². The number of carbonyl (C=O) groups excluding carboxylic acids is 1. The Bertz CT molecular complexity index is 945. The summed E-state index contributed by atoms with van der Waals surface area (Å²) in [5.74, 6) is -0.0226. The molecule has 0 saturated heterocycles. The number of nitrogens with zero attached hydrogens (tertiary/aromatic N) is 1. The van der Waals surface area contributed by atoms with Crippen molar-refractivity contribution >= 4 is 22.9 Å². The predicted molar refractivity (Wildman–Crippen MR) is 108 cm³/mol. The minimum atomic E-state index is -0.0226. The van der Waals surface area contributed by atoms with Crippen LogP contribution >= 0.6 is 11.3 Å². The van der Waals surface area contributed by atoms with Crippen LogP contribution in [0.25, 0.3) is 11.3 Å². The van der Waals surface area contributed by atoms with Crippen molar-refractivity contribution in [2.24, 2.45) is 0 Å². The second-order valence-electron chi connectivity index (χ2n) is 6.86. The Morgan fingerprint density at radius 3 is 2.77 bits per heavy atom. The highest BCUT2D eigenvalue weighted by atomic mass is 32.1. The van der Waals surface area contributed by atoms with Crippen molar-refractivity contribution < 1.29 is 4.79 Å². The molecule has 4 rings (SSSR count). The summed E-state index contributed by atoms with van der Waals surface area (Å²) in [5, 5.41) is 5.88. The summed E-state index contributed by atoms with van der Waals surface area (Å²) >= 11 is 1.55. The zero-order valence-electron chi connectivity index (χ0n) is 14.9. The van der Waals surface area contributed by atoms with Gasteiger partial charge < -0.3 is 5.32 Å². The molecule has 0 fully saturated rings. The number of anilines is 1. The number of rotatable bonds is 4. The van der Waals surface area contributed by atoms with E-state index in [1.165, 1.54) is 36.8 Å². The van der Waals surface area contributed by atoms with Gasteiger partial charge in [0.15, 0.2) is 0 Å². The van der Waals surface area contributed by atoms with Gasteiger partial charge in [-0.2, -0.15) is 0 Å². The smallest absolute Gasteiger partial charge is 0.231 e. The van der Waals surface area contributed by atoms with E-state index in [1.807, 2.05) is 31.2 Å². The van der Waals surface area contributed by atoms with Crippen LogP contribution in [0.15, 0.2) is 47.8 Å². The minimum absolute atomic E-state index is 0.0226. The molecule has 0 unspecified atom stereocenters. The predicted octanol–water partition coefficient (Wildman–Crippen LogP) is 5.18. The fourth-order valence-electron chi connectivity index (χ4n) is 3.46. The zero-order valence-corrected chi connectivity index (χ0v) is 15.7. The molecular formula is C22H22N2OS. The zero-order chi connectivity index (χ0) is 17.9. The van der Waals surface area contributed by atoms with Gasteiger partial charge in [0.1, 0.15) is 5.01 Å². The molecule has 26 heavy (non-hydrogen) atoms. The summed E-state index contributed by atoms with van der Waals surface area (Å²) in [6.07, 6.45) is 5.24. The molecule has 1 aliphatic rings. The molecule has 0 aliphatic heterocycles. The lowest BCUT2D eigenvalue weighted by molar-refractivity contribution is -0.115. The number of hydrogen-bond donors (Lipinski definition) is 1. The molecule has 0 bridgehead atoms. The molecule has 132 valence electrons. The third-order valence-corrected chi connectivity index (χ3v) is 5.78. The van der Waals surface area contributed by atoms with Gasteiger partial charge in [0, 0.05) is 16.6 Å². The van der Waals surface area contributed by atoms with Crippen molar-refractivity contribution in [3.8, 4) is 11.3 Å². The van der Waals surface area contributed by atoms with E-state index in [2.05, 4.69) is 28.9 Å². The molecule has 0 radical (unpaired) electrons. The van der Waals surface area contributed by atoms with Crippen molar-refractivity contribution in [1.82, 2.24) is 4.98 Å². The van der Waals surface area contributed by atoms with Gasteiger partial charge in [-0.15, -0.1) is 11.3 Å². The number of fused-ring (bicyclic) bond motifs is 1. The summed E-state index contributed by atoms with van der Waals surface area (Å²) in [4.78, 5) is 17.0. The Morgan fingerprint density at radius 2 is 1.92 bits per heavy atom. The third kappa shape index (κ3) is 3.70. The van der Waals surface area contributed by atoms with Gasteiger partial charge in [-0.05, 0) is 61.4 Å². The SMILES string of the molecule is Cc1ccccc1NC(=O)Cc1nc(-c2ccc3c(c2)CCCC3)cs1. The van der Waals surface area contributed by atoms with Crippen LogP contribution < -0.4 is 5.32 Å². The monoisotopic (exact) mass is 362 g/mol. The third-order valence-electron chi connectivity index (χ3n) is 4.93. The second kappa shape index (κ2) is 7.42. The Kier molecular flexibility index (Phi) is 4.85. The Balaban J connectivity index is 1.46. The van der Waals surface area contributed by atoms with Gasteiger partial charge in [-0.3, -0.25) is 4.79 Å². The highest BCUT2D eigenvalue weighted by molar-refractivity contribution is 7.10. The summed E-state index contributed by atoms with van der Waals surface area (Å²) < 4.78 is 0. The number of para-hydroxylation sites is 1. The molecule has 1 aromatic heterocycles. The van der Waals surface area contributed by atoms with Crippen molar-refractivity contribution in [1.29, 1.82) is 0 Å². The quantitative estimate of drug-likeness (QED) is 0.695. The van der Waals surface area contributed by atoms with Crippen LogP contribution in [-0.4, -0.2) is 10.9 Å². The van der Waals surface area contributed by atoms with E-state index >= 15 is 0 Å². The van der Waals surface area contributed by atoms with Crippen molar-refractivity contribution in [2.45, 2.75) is 39.0 Å². The number of aromatic nitrogens is 1. The van der Waals surface area contributed by atoms with Gasteiger partial charge in [0.05, 0.1) is 12.1 Å². The summed E-state index contributed by atoms with van der Waals surface area (Å²) in [5.41, 5.74) is 7.00. The lowest BCUT2D eigenvalue weighted by atomic mass is 9.90. The van der Waals surface area contributed by atoms with E-state index in [1.54, 1.807) is 11.3 Å². The maximum Gasteiger partial charge on any atom is 0.231 e. The maximum absolute atomic E-state index is 12.3. The molecule has 0 saturated carbocycles. The van der Waals surface area contributed by atoms with E-state index in [0.717, 1.165) is 27.5 Å². The molecule has 4 heteroatoms. The van der Waals surface area contributed by atoms with E-state index in [-0.39, 0.29) is 5.91 Å². The standard InChI is InChI=1S/C22H22N2OS/c1-15-6-2-5-9-19(15)23-21(25)13-22-24-20(14-26-22)18-11-10-16-7-3-4-8-17(16)12-18/h2,5-6,9-12,14H,3-4,7-8,13H2,1H3,(H,23,25). The van der Waals surface area contributed by atoms with Crippen molar-refractivity contribution in [2.75, 3.05) is 5.32 Å². The average molecular weight is 362 g/mol. The largest absolute Gasteiger partial charge is 0.325 e. The summed E-state index contributed by atoms with van der Waals surface area (Å²) in [7, 11) is 0. The maximum atomic E-state index is 12.3. The number of nitrogens with one attached hydrogen (secondary N) is 1. The van der Waals surface area contributed by atoms with E-state index in [0.29, 0.717) is 6.42 Å². The van der Waals surface area contributed by atoms with Crippen LogP contribution in [0.5, 0.6) is 0 Å². The van der Waals surface area contributed by atoms with Gasteiger partial charge in [-0.1, -0.05) is 30.3 Å². The number of hydrogen-bond acceptors (Lipinski definition) is 3. The highest BCUT2D eigenvalue weighted by Gasteiger charge is 2.13. The molecular weight excluding hydrogens is 340 g/mol. The first kappa shape index (κ1) is 17.0. The van der Waals surface area contributed by atoms with Crippen LogP contribution in [0, 0.1) is 6.92 Å². The van der Waals surface area contributed by atoms with Crippen LogP contribution in [0.3, 0.4) is 0 Å². The van der Waals surface area contributed by atoms with Crippen LogP contribution in [0.4, 0.5) is 5.69 Å². The fraction of sp³-hybridized carbons (Fsp3) is 0.273. The highest BCUT2D eigenvalue weighted by Crippen LogP contribution is 2.28. The molecule has 0 spiro atoms. The number of aryl methyl sites for hydroxylation is 3. The first-order chi connectivity index (χ1) is 12.7.